The number of hydrogen-bond donors (Lipinski definition) is 1. The van der Waals surface area contributed by atoms with Crippen molar-refractivity contribution < 1.29 is 23.8 Å². The number of aromatic nitrogens is 1. The van der Waals surface area contributed by atoms with Crippen molar-refractivity contribution in [3.05, 3.63) is 49.9 Å². The standard InChI is InChI=1S/C22H25N3O6/c1-11-8-12(2)25(4)22(28)15(11)20(26)23-9-14-13-6-7-24(3)21(27)16(13)18(29-5)19-17(14)30-10-31-19/h8H,6-7,9-10H2,1-5H3,(H,23,26). The Morgan fingerprint density at radius 2 is 1.90 bits per heavy atom. The molecule has 4 rings (SSSR count). The van der Waals surface area contributed by atoms with Gasteiger partial charge in [-0.1, -0.05) is 0 Å². The first-order chi connectivity index (χ1) is 14.8. The van der Waals surface area contributed by atoms with E-state index in [2.05, 4.69) is 5.32 Å². The molecule has 9 nitrogen and oxygen atoms in total. The SMILES string of the molecule is COc1c2c(c(CNC(=O)c3c(C)cc(C)n(C)c3=O)c3c1C(=O)N(C)CC3)OCO2. The molecular weight excluding hydrogens is 402 g/mol. The fourth-order valence-electron chi connectivity index (χ4n) is 4.18. The molecule has 2 amide bonds. The Balaban J connectivity index is 1.75. The molecule has 0 aliphatic carbocycles. The highest BCUT2D eigenvalue weighted by Gasteiger charge is 2.36. The first-order valence-corrected chi connectivity index (χ1v) is 9.98. The highest BCUT2D eigenvalue weighted by atomic mass is 16.7. The van der Waals surface area contributed by atoms with Gasteiger partial charge in [0.05, 0.1) is 12.7 Å². The minimum Gasteiger partial charge on any atom is -0.492 e. The average molecular weight is 427 g/mol. The topological polar surface area (TPSA) is 99.1 Å². The number of aryl methyl sites for hydroxylation is 2. The number of amides is 2. The van der Waals surface area contributed by atoms with Gasteiger partial charge in [0.1, 0.15) is 5.56 Å². The summed E-state index contributed by atoms with van der Waals surface area (Å²) in [5.74, 6) is 0.512. The Morgan fingerprint density at radius 3 is 2.61 bits per heavy atom. The van der Waals surface area contributed by atoms with Crippen LogP contribution in [0.4, 0.5) is 0 Å². The Kier molecular flexibility index (Phi) is 5.12. The van der Waals surface area contributed by atoms with Gasteiger partial charge in [-0.3, -0.25) is 14.4 Å². The van der Waals surface area contributed by atoms with Crippen LogP contribution in [0.1, 0.15) is 43.1 Å². The number of carbonyl (C=O) groups excluding carboxylic acids is 2. The van der Waals surface area contributed by atoms with Crippen LogP contribution < -0.4 is 25.1 Å². The maximum atomic E-state index is 12.9. The summed E-state index contributed by atoms with van der Waals surface area (Å²) >= 11 is 0. The third kappa shape index (κ3) is 3.20. The number of rotatable bonds is 4. The van der Waals surface area contributed by atoms with Crippen LogP contribution in [0.2, 0.25) is 0 Å². The lowest BCUT2D eigenvalue weighted by Gasteiger charge is -2.29. The normalized spacial score (nSPS) is 14.5. The molecule has 31 heavy (non-hydrogen) atoms. The lowest BCUT2D eigenvalue weighted by atomic mass is 9.91. The molecule has 164 valence electrons. The maximum absolute atomic E-state index is 12.9. The third-order valence-corrected chi connectivity index (χ3v) is 5.97. The molecule has 1 aromatic carbocycles. The summed E-state index contributed by atoms with van der Waals surface area (Å²) < 4.78 is 18.2. The highest BCUT2D eigenvalue weighted by Crippen LogP contribution is 2.49. The van der Waals surface area contributed by atoms with Crippen molar-refractivity contribution in [2.24, 2.45) is 7.05 Å². The summed E-state index contributed by atoms with van der Waals surface area (Å²) in [6.45, 7) is 4.17. The van der Waals surface area contributed by atoms with Gasteiger partial charge in [-0.05, 0) is 37.5 Å². The molecule has 1 aromatic heterocycles. The second-order valence-electron chi connectivity index (χ2n) is 7.80. The van der Waals surface area contributed by atoms with Crippen LogP contribution in [0.5, 0.6) is 17.2 Å². The van der Waals surface area contributed by atoms with Crippen molar-refractivity contribution in [2.45, 2.75) is 26.8 Å². The Labute approximate surface area is 179 Å². The molecule has 0 saturated carbocycles. The molecule has 0 spiro atoms. The number of pyridine rings is 1. The van der Waals surface area contributed by atoms with E-state index in [0.717, 1.165) is 11.3 Å². The van der Waals surface area contributed by atoms with E-state index < -0.39 is 5.91 Å². The van der Waals surface area contributed by atoms with E-state index in [1.165, 1.54) is 11.7 Å². The lowest BCUT2D eigenvalue weighted by Crippen LogP contribution is -2.37. The van der Waals surface area contributed by atoms with Crippen LogP contribution in [0.3, 0.4) is 0 Å². The van der Waals surface area contributed by atoms with Crippen molar-refractivity contribution in [3.63, 3.8) is 0 Å². The largest absolute Gasteiger partial charge is 0.492 e. The second-order valence-corrected chi connectivity index (χ2v) is 7.80. The fraction of sp³-hybridized carbons (Fsp3) is 0.409. The lowest BCUT2D eigenvalue weighted by molar-refractivity contribution is 0.0775. The first-order valence-electron chi connectivity index (χ1n) is 9.98. The summed E-state index contributed by atoms with van der Waals surface area (Å²) in [4.78, 5) is 40.1. The molecule has 2 aliphatic heterocycles. The molecule has 1 N–H and O–H groups in total. The highest BCUT2D eigenvalue weighted by molar-refractivity contribution is 6.01. The van der Waals surface area contributed by atoms with Crippen molar-refractivity contribution in [1.29, 1.82) is 0 Å². The molecule has 0 radical (unpaired) electrons. The average Bonchev–Trinajstić information content (AvgIpc) is 3.21. The maximum Gasteiger partial charge on any atom is 0.263 e. The zero-order valence-corrected chi connectivity index (χ0v) is 18.2. The second kappa shape index (κ2) is 7.64. The zero-order chi connectivity index (χ0) is 22.4. The number of carbonyl (C=O) groups is 2. The number of fused-ring (bicyclic) bond motifs is 2. The molecule has 0 unspecified atom stereocenters. The van der Waals surface area contributed by atoms with E-state index in [1.54, 1.807) is 32.0 Å². The number of methoxy groups -OCH3 is 1. The molecule has 2 aromatic rings. The van der Waals surface area contributed by atoms with Crippen LogP contribution in [0, 0.1) is 13.8 Å². The van der Waals surface area contributed by atoms with E-state index in [0.29, 0.717) is 46.9 Å². The predicted molar refractivity (Wildman–Crippen MR) is 112 cm³/mol. The van der Waals surface area contributed by atoms with Crippen molar-refractivity contribution in [3.8, 4) is 17.2 Å². The summed E-state index contributed by atoms with van der Waals surface area (Å²) in [5.41, 5.74) is 2.98. The van der Waals surface area contributed by atoms with Gasteiger partial charge in [-0.25, -0.2) is 0 Å². The Morgan fingerprint density at radius 1 is 1.19 bits per heavy atom. The number of benzene rings is 1. The van der Waals surface area contributed by atoms with Crippen LogP contribution in [-0.2, 0) is 20.0 Å². The van der Waals surface area contributed by atoms with E-state index in [1.807, 2.05) is 6.92 Å². The Hall–Kier alpha value is -3.49. The molecule has 9 heteroatoms. The molecular formula is C22H25N3O6. The minimum absolute atomic E-state index is 0.00280. The van der Waals surface area contributed by atoms with Crippen LogP contribution in [0.25, 0.3) is 0 Å². The van der Waals surface area contributed by atoms with Gasteiger partial charge in [-0.15, -0.1) is 0 Å². The van der Waals surface area contributed by atoms with Crippen molar-refractivity contribution in [1.82, 2.24) is 14.8 Å². The number of likely N-dealkylation sites (N-methyl/N-ethyl adjacent to an activating group) is 1. The predicted octanol–water partition coefficient (Wildman–Crippen LogP) is 1.30. The van der Waals surface area contributed by atoms with E-state index >= 15 is 0 Å². The van der Waals surface area contributed by atoms with Crippen molar-refractivity contribution >= 4 is 11.8 Å². The number of nitrogens with zero attached hydrogens (tertiary/aromatic N) is 2. The number of ether oxygens (including phenoxy) is 3. The summed E-state index contributed by atoms with van der Waals surface area (Å²) in [6.07, 6.45) is 0.584. The van der Waals surface area contributed by atoms with Gasteiger partial charge in [0, 0.05) is 38.4 Å². The van der Waals surface area contributed by atoms with Crippen LogP contribution in [-0.4, -0.2) is 48.8 Å². The molecule has 0 bridgehead atoms. The van der Waals surface area contributed by atoms with Gasteiger partial charge in [0.25, 0.3) is 17.4 Å². The summed E-state index contributed by atoms with van der Waals surface area (Å²) in [6, 6.07) is 1.80. The molecule has 2 aliphatic rings. The van der Waals surface area contributed by atoms with Gasteiger partial charge < -0.3 is 29.0 Å². The molecule has 0 atom stereocenters. The van der Waals surface area contributed by atoms with E-state index in [-0.39, 0.29) is 30.4 Å². The fourth-order valence-corrected chi connectivity index (χ4v) is 4.18. The number of nitrogens with one attached hydrogen (secondary N) is 1. The first kappa shape index (κ1) is 20.8. The smallest absolute Gasteiger partial charge is 0.263 e. The quantitative estimate of drug-likeness (QED) is 0.790. The van der Waals surface area contributed by atoms with Gasteiger partial charge >= 0.3 is 0 Å². The Bertz CT molecular complexity index is 1170. The van der Waals surface area contributed by atoms with Crippen LogP contribution >= 0.6 is 0 Å². The van der Waals surface area contributed by atoms with Crippen LogP contribution in [0.15, 0.2) is 10.9 Å². The minimum atomic E-state index is -0.477. The summed E-state index contributed by atoms with van der Waals surface area (Å²) in [7, 11) is 4.84. The number of hydrogen-bond acceptors (Lipinski definition) is 6. The summed E-state index contributed by atoms with van der Waals surface area (Å²) in [5, 5.41) is 2.83. The monoisotopic (exact) mass is 427 g/mol. The van der Waals surface area contributed by atoms with E-state index in [9.17, 15) is 14.4 Å². The van der Waals surface area contributed by atoms with Gasteiger partial charge in [0.15, 0.2) is 11.5 Å². The van der Waals surface area contributed by atoms with Crippen molar-refractivity contribution in [2.75, 3.05) is 27.5 Å². The zero-order valence-electron chi connectivity index (χ0n) is 18.2. The molecule has 3 heterocycles. The van der Waals surface area contributed by atoms with Gasteiger partial charge in [0.2, 0.25) is 12.5 Å². The van der Waals surface area contributed by atoms with E-state index in [4.69, 9.17) is 14.2 Å². The molecule has 0 saturated heterocycles. The van der Waals surface area contributed by atoms with Gasteiger partial charge in [-0.2, -0.15) is 0 Å². The third-order valence-electron chi connectivity index (χ3n) is 5.97. The molecule has 0 fully saturated rings.